The molecule has 0 aliphatic rings. The average molecular weight is 219 g/mol. The summed E-state index contributed by atoms with van der Waals surface area (Å²) in [5.41, 5.74) is 5.21. The Kier molecular flexibility index (Phi) is 10.9. The molecule has 1 atom stereocenters. The number of rotatable bonds is 4. The van der Waals surface area contributed by atoms with Crippen LogP contribution >= 0.6 is 0 Å². The van der Waals surface area contributed by atoms with Gasteiger partial charge in [-0.1, -0.05) is 0 Å². The van der Waals surface area contributed by atoms with Crippen LogP contribution in [-0.4, -0.2) is 61.6 Å². The summed E-state index contributed by atoms with van der Waals surface area (Å²) in [6.45, 7) is 0. The SMILES string of the molecule is C[Se]CC[C@H](N)C(=O)O.[Na]. The molecule has 1 radical (unpaired) electrons. The van der Waals surface area contributed by atoms with E-state index in [9.17, 15) is 4.79 Å². The van der Waals surface area contributed by atoms with Gasteiger partial charge in [-0.25, -0.2) is 0 Å². The summed E-state index contributed by atoms with van der Waals surface area (Å²) in [6.07, 6.45) is 0.617. The minimum Gasteiger partial charge on any atom is 0 e. The van der Waals surface area contributed by atoms with Crippen molar-refractivity contribution in [2.24, 2.45) is 5.73 Å². The average Bonchev–Trinajstić information content (AvgIpc) is 1.82. The minimum atomic E-state index is -0.890. The monoisotopic (exact) mass is 220 g/mol. The molecule has 0 heterocycles. The van der Waals surface area contributed by atoms with Crippen LogP contribution in [0.15, 0.2) is 0 Å². The van der Waals surface area contributed by atoms with E-state index in [0.717, 1.165) is 5.32 Å². The molecule has 0 aliphatic carbocycles. The van der Waals surface area contributed by atoms with Gasteiger partial charge in [-0.05, 0) is 0 Å². The van der Waals surface area contributed by atoms with Crippen LogP contribution < -0.4 is 5.73 Å². The third-order valence-corrected chi connectivity index (χ3v) is 2.30. The quantitative estimate of drug-likeness (QED) is 0.631. The zero-order chi connectivity index (χ0) is 7.28. The molecule has 0 spiro atoms. The molecule has 0 amide bonds. The standard InChI is InChI=1S/C5H11NO2Se.Na/c1-9-3-2-4(6)5(7)8;/h4H,2-3,6H2,1H3,(H,7,8);/t4-;/m0./s1. The van der Waals surface area contributed by atoms with E-state index in [-0.39, 0.29) is 29.6 Å². The van der Waals surface area contributed by atoms with Crippen molar-refractivity contribution in [3.8, 4) is 0 Å². The van der Waals surface area contributed by atoms with Gasteiger partial charge in [0.2, 0.25) is 0 Å². The van der Waals surface area contributed by atoms with Gasteiger partial charge < -0.3 is 0 Å². The van der Waals surface area contributed by atoms with Crippen molar-refractivity contribution in [3.05, 3.63) is 0 Å². The van der Waals surface area contributed by atoms with E-state index in [1.54, 1.807) is 0 Å². The van der Waals surface area contributed by atoms with Gasteiger partial charge in [0.15, 0.2) is 0 Å². The molecule has 55 valence electrons. The fourth-order valence-corrected chi connectivity index (χ4v) is 1.40. The molecule has 0 aliphatic heterocycles. The largest absolute Gasteiger partial charge is 0 e. The van der Waals surface area contributed by atoms with Crippen molar-refractivity contribution < 1.29 is 9.90 Å². The maximum atomic E-state index is 10.1. The Morgan fingerprint density at radius 1 is 1.80 bits per heavy atom. The third kappa shape index (κ3) is 7.06. The van der Waals surface area contributed by atoms with E-state index >= 15 is 0 Å². The number of hydrogen-bond acceptors (Lipinski definition) is 2. The Balaban J connectivity index is 0. The number of aliphatic carboxylic acids is 1. The molecule has 5 heteroatoms. The first-order chi connectivity index (χ1) is 4.18. The Morgan fingerprint density at radius 3 is 2.60 bits per heavy atom. The maximum absolute atomic E-state index is 10.1. The first kappa shape index (κ1) is 13.5. The van der Waals surface area contributed by atoms with Crippen LogP contribution in [0.4, 0.5) is 0 Å². The molecule has 0 bridgehead atoms. The second-order valence-corrected chi connectivity index (χ2v) is 3.79. The fourth-order valence-electron chi connectivity index (χ4n) is 0.368. The molecular formula is C5H11NNaO2Se. The number of nitrogens with two attached hydrogens (primary N) is 1. The van der Waals surface area contributed by atoms with Crippen molar-refractivity contribution in [2.45, 2.75) is 23.6 Å². The van der Waals surface area contributed by atoms with Crippen LogP contribution in [0, 0.1) is 0 Å². The molecule has 3 N–H and O–H groups in total. The van der Waals surface area contributed by atoms with Crippen LogP contribution in [0.3, 0.4) is 0 Å². The molecule has 0 fully saturated rings. The Bertz CT molecular complexity index is 102. The van der Waals surface area contributed by atoms with Crippen molar-refractivity contribution in [1.29, 1.82) is 0 Å². The second kappa shape index (κ2) is 8.05. The van der Waals surface area contributed by atoms with Gasteiger partial charge in [0.25, 0.3) is 0 Å². The Labute approximate surface area is 89.2 Å². The van der Waals surface area contributed by atoms with E-state index in [0.29, 0.717) is 21.4 Å². The molecular weight excluding hydrogens is 208 g/mol. The summed E-state index contributed by atoms with van der Waals surface area (Å²) in [5, 5.41) is 9.25. The molecule has 0 aromatic rings. The van der Waals surface area contributed by atoms with Crippen LogP contribution in [-0.2, 0) is 4.79 Å². The van der Waals surface area contributed by atoms with Gasteiger partial charge in [0, 0.05) is 29.6 Å². The van der Waals surface area contributed by atoms with E-state index in [1.807, 2.05) is 0 Å². The van der Waals surface area contributed by atoms with Gasteiger partial charge in [-0.3, -0.25) is 0 Å². The van der Waals surface area contributed by atoms with Crippen molar-refractivity contribution >= 4 is 50.5 Å². The summed E-state index contributed by atoms with van der Waals surface area (Å²) in [4.78, 5) is 10.1. The van der Waals surface area contributed by atoms with Gasteiger partial charge in [-0.2, -0.15) is 0 Å². The van der Waals surface area contributed by atoms with E-state index < -0.39 is 12.0 Å². The molecule has 0 aromatic carbocycles. The molecule has 3 nitrogen and oxygen atoms in total. The molecule has 0 unspecified atom stereocenters. The van der Waals surface area contributed by atoms with Gasteiger partial charge in [-0.15, -0.1) is 0 Å². The van der Waals surface area contributed by atoms with Crippen LogP contribution in [0.25, 0.3) is 0 Å². The molecule has 10 heavy (non-hydrogen) atoms. The van der Waals surface area contributed by atoms with Crippen molar-refractivity contribution in [3.63, 3.8) is 0 Å². The smallest absolute Gasteiger partial charge is 0 e. The molecule has 0 aromatic heterocycles. The summed E-state index contributed by atoms with van der Waals surface area (Å²) in [6, 6.07) is -0.646. The van der Waals surface area contributed by atoms with Crippen LogP contribution in [0.2, 0.25) is 11.1 Å². The Hall–Kier alpha value is 0.949. The first-order valence-corrected chi connectivity index (χ1v) is 5.58. The fraction of sp³-hybridized carbons (Fsp3) is 0.800. The number of carboxylic acids is 1. The molecule has 0 rings (SSSR count). The second-order valence-electron chi connectivity index (χ2n) is 1.73. The predicted octanol–water partition coefficient (Wildman–Crippen LogP) is -0.422. The number of hydrogen-bond donors (Lipinski definition) is 2. The van der Waals surface area contributed by atoms with E-state index in [4.69, 9.17) is 10.8 Å². The minimum absolute atomic E-state index is 0. The van der Waals surface area contributed by atoms with E-state index in [1.165, 1.54) is 0 Å². The van der Waals surface area contributed by atoms with E-state index in [2.05, 4.69) is 5.82 Å². The Morgan fingerprint density at radius 2 is 2.30 bits per heavy atom. The topological polar surface area (TPSA) is 63.3 Å². The third-order valence-electron chi connectivity index (χ3n) is 0.950. The summed E-state index contributed by atoms with van der Waals surface area (Å²) in [7, 11) is 0. The van der Waals surface area contributed by atoms with Gasteiger partial charge >= 0.3 is 60.2 Å². The zero-order valence-corrected chi connectivity index (χ0v) is 10.0. The normalized spacial score (nSPS) is 11.8. The maximum Gasteiger partial charge on any atom is 0 e. The number of carbonyl (C=O) groups is 1. The van der Waals surface area contributed by atoms with Crippen LogP contribution in [0.1, 0.15) is 6.42 Å². The van der Waals surface area contributed by atoms with Crippen molar-refractivity contribution in [1.82, 2.24) is 0 Å². The first-order valence-electron chi connectivity index (χ1n) is 2.65. The van der Waals surface area contributed by atoms with Gasteiger partial charge in [0.05, 0.1) is 0 Å². The van der Waals surface area contributed by atoms with Crippen molar-refractivity contribution in [2.75, 3.05) is 0 Å². The summed E-state index contributed by atoms with van der Waals surface area (Å²) in [5.74, 6) is 1.18. The summed E-state index contributed by atoms with van der Waals surface area (Å²) >= 11 is 0.549. The molecule has 0 saturated heterocycles. The predicted molar refractivity (Wildman–Crippen MR) is 42.4 cm³/mol. The molecule has 0 saturated carbocycles. The number of carboxylic acid groups (broad SMARTS) is 1. The van der Waals surface area contributed by atoms with Crippen LogP contribution in [0.5, 0.6) is 0 Å². The zero-order valence-electron chi connectivity index (χ0n) is 6.33. The summed E-state index contributed by atoms with van der Waals surface area (Å²) < 4.78 is 0. The van der Waals surface area contributed by atoms with Gasteiger partial charge in [0.1, 0.15) is 0 Å².